The first-order chi connectivity index (χ1) is 9.00. The predicted molar refractivity (Wildman–Crippen MR) is 66.6 cm³/mol. The van der Waals surface area contributed by atoms with Crippen molar-refractivity contribution in [2.45, 2.75) is 37.7 Å². The van der Waals surface area contributed by atoms with Gasteiger partial charge in [0.05, 0.1) is 16.6 Å². The lowest BCUT2D eigenvalue weighted by Gasteiger charge is -2.31. The number of hydrogen-bond donors (Lipinski definition) is 1. The summed E-state index contributed by atoms with van der Waals surface area (Å²) in [6.07, 6.45) is 4.24. The van der Waals surface area contributed by atoms with Gasteiger partial charge in [0.1, 0.15) is 6.61 Å². The molecule has 1 aliphatic carbocycles. The lowest BCUT2D eigenvalue weighted by atomic mass is 9.85. The zero-order valence-corrected chi connectivity index (χ0v) is 10.5. The molecule has 0 aromatic heterocycles. The van der Waals surface area contributed by atoms with Gasteiger partial charge in [-0.15, -0.1) is 0 Å². The van der Waals surface area contributed by atoms with Gasteiger partial charge in [0.25, 0.3) is 5.69 Å². The molecule has 2 rings (SSSR count). The summed E-state index contributed by atoms with van der Waals surface area (Å²) in [5.74, 6) is -0.849. The molecular formula is C13H16FNO4. The molecule has 0 bridgehead atoms. The Kier molecular flexibility index (Phi) is 3.99. The van der Waals surface area contributed by atoms with Crippen LogP contribution < -0.4 is 4.74 Å². The highest BCUT2D eigenvalue weighted by molar-refractivity contribution is 5.37. The molecule has 0 aliphatic heterocycles. The molecule has 0 spiro atoms. The second-order valence-corrected chi connectivity index (χ2v) is 4.95. The van der Waals surface area contributed by atoms with Gasteiger partial charge >= 0.3 is 0 Å². The fourth-order valence-corrected chi connectivity index (χ4v) is 2.29. The van der Waals surface area contributed by atoms with Gasteiger partial charge < -0.3 is 9.84 Å². The van der Waals surface area contributed by atoms with Crippen LogP contribution in [0.4, 0.5) is 10.1 Å². The van der Waals surface area contributed by atoms with Crippen LogP contribution >= 0.6 is 0 Å². The van der Waals surface area contributed by atoms with Gasteiger partial charge in [-0.1, -0.05) is 19.3 Å². The Morgan fingerprint density at radius 2 is 2.05 bits per heavy atom. The zero-order valence-electron chi connectivity index (χ0n) is 10.5. The number of ether oxygens (including phenoxy) is 1. The van der Waals surface area contributed by atoms with E-state index in [-0.39, 0.29) is 18.0 Å². The standard InChI is InChI=1S/C13H16FNO4/c14-11-8-10(15(17)18)4-5-12(11)19-9-13(16)6-2-1-3-7-13/h4-5,8,16H,1-3,6-7,9H2. The van der Waals surface area contributed by atoms with Crippen LogP contribution in [0.15, 0.2) is 18.2 Å². The Labute approximate surface area is 110 Å². The Bertz CT molecular complexity index is 472. The maximum absolute atomic E-state index is 13.6. The van der Waals surface area contributed by atoms with E-state index >= 15 is 0 Å². The fourth-order valence-electron chi connectivity index (χ4n) is 2.29. The fraction of sp³-hybridized carbons (Fsp3) is 0.538. The third-order valence-electron chi connectivity index (χ3n) is 3.41. The van der Waals surface area contributed by atoms with E-state index in [1.807, 2.05) is 0 Å². The van der Waals surface area contributed by atoms with Crippen LogP contribution in [0.2, 0.25) is 0 Å². The van der Waals surface area contributed by atoms with Crippen LogP contribution in [0.1, 0.15) is 32.1 Å². The lowest BCUT2D eigenvalue weighted by Crippen LogP contribution is -2.38. The van der Waals surface area contributed by atoms with E-state index in [9.17, 15) is 19.6 Å². The van der Waals surface area contributed by atoms with Crippen molar-refractivity contribution in [2.75, 3.05) is 6.61 Å². The number of nitrogens with zero attached hydrogens (tertiary/aromatic N) is 1. The number of nitro groups is 1. The second kappa shape index (κ2) is 5.52. The van der Waals surface area contributed by atoms with E-state index in [1.54, 1.807) is 0 Å². The van der Waals surface area contributed by atoms with Crippen LogP contribution in [0.3, 0.4) is 0 Å². The van der Waals surface area contributed by atoms with Crippen molar-refractivity contribution in [1.82, 2.24) is 0 Å². The smallest absolute Gasteiger partial charge is 0.272 e. The molecule has 0 atom stereocenters. The van der Waals surface area contributed by atoms with Gasteiger partial charge in [0.15, 0.2) is 11.6 Å². The molecule has 5 nitrogen and oxygen atoms in total. The molecule has 0 radical (unpaired) electrons. The first-order valence-corrected chi connectivity index (χ1v) is 6.29. The monoisotopic (exact) mass is 269 g/mol. The van der Waals surface area contributed by atoms with Crippen LogP contribution in [0.5, 0.6) is 5.75 Å². The van der Waals surface area contributed by atoms with E-state index < -0.39 is 16.3 Å². The van der Waals surface area contributed by atoms with Gasteiger partial charge in [-0.2, -0.15) is 0 Å². The van der Waals surface area contributed by atoms with E-state index in [0.717, 1.165) is 25.3 Å². The van der Waals surface area contributed by atoms with Gasteiger partial charge in [-0.25, -0.2) is 4.39 Å². The third kappa shape index (κ3) is 3.41. The van der Waals surface area contributed by atoms with Crippen molar-refractivity contribution in [2.24, 2.45) is 0 Å². The molecule has 1 aromatic carbocycles. The topological polar surface area (TPSA) is 72.6 Å². The van der Waals surface area contributed by atoms with Gasteiger partial charge in [0.2, 0.25) is 0 Å². The first kappa shape index (κ1) is 13.7. The molecule has 0 saturated heterocycles. The normalized spacial score (nSPS) is 18.0. The number of benzene rings is 1. The highest BCUT2D eigenvalue weighted by Crippen LogP contribution is 2.30. The second-order valence-electron chi connectivity index (χ2n) is 4.95. The van der Waals surface area contributed by atoms with Crippen LogP contribution in [-0.4, -0.2) is 22.2 Å². The van der Waals surface area contributed by atoms with Crippen molar-refractivity contribution < 1.29 is 19.2 Å². The number of aliphatic hydroxyl groups is 1. The SMILES string of the molecule is O=[N+]([O-])c1ccc(OCC2(O)CCCCC2)c(F)c1. The summed E-state index contributed by atoms with van der Waals surface area (Å²) in [4.78, 5) is 9.81. The van der Waals surface area contributed by atoms with Crippen LogP contribution in [-0.2, 0) is 0 Å². The molecule has 1 N–H and O–H groups in total. The Morgan fingerprint density at radius 1 is 1.37 bits per heavy atom. The van der Waals surface area contributed by atoms with E-state index in [0.29, 0.717) is 12.8 Å². The molecule has 1 saturated carbocycles. The lowest BCUT2D eigenvalue weighted by molar-refractivity contribution is -0.385. The Morgan fingerprint density at radius 3 is 2.63 bits per heavy atom. The number of nitro benzene ring substituents is 1. The van der Waals surface area contributed by atoms with Crippen molar-refractivity contribution in [3.63, 3.8) is 0 Å². The third-order valence-corrected chi connectivity index (χ3v) is 3.41. The van der Waals surface area contributed by atoms with Gasteiger partial charge in [-0.3, -0.25) is 10.1 Å². The quantitative estimate of drug-likeness (QED) is 0.673. The molecule has 0 unspecified atom stereocenters. The number of hydrogen-bond acceptors (Lipinski definition) is 4. The zero-order chi connectivity index (χ0) is 13.9. The molecule has 104 valence electrons. The summed E-state index contributed by atoms with van der Waals surface area (Å²) in [5.41, 5.74) is -1.23. The van der Waals surface area contributed by atoms with Crippen molar-refractivity contribution in [3.8, 4) is 5.75 Å². The van der Waals surface area contributed by atoms with E-state index in [2.05, 4.69) is 0 Å². The number of halogens is 1. The molecule has 0 amide bonds. The predicted octanol–water partition coefficient (Wildman–Crippen LogP) is 2.81. The molecule has 6 heteroatoms. The van der Waals surface area contributed by atoms with Crippen LogP contribution in [0.25, 0.3) is 0 Å². The van der Waals surface area contributed by atoms with E-state index in [1.165, 1.54) is 12.1 Å². The highest BCUT2D eigenvalue weighted by atomic mass is 19.1. The van der Waals surface area contributed by atoms with Gasteiger partial charge in [-0.05, 0) is 18.9 Å². The van der Waals surface area contributed by atoms with E-state index in [4.69, 9.17) is 4.74 Å². The molecular weight excluding hydrogens is 253 g/mol. The molecule has 0 heterocycles. The Hall–Kier alpha value is -1.69. The average Bonchev–Trinajstić information content (AvgIpc) is 2.38. The average molecular weight is 269 g/mol. The van der Waals surface area contributed by atoms with Crippen molar-refractivity contribution in [1.29, 1.82) is 0 Å². The summed E-state index contributed by atoms with van der Waals surface area (Å²) in [6.45, 7) is 0.0156. The highest BCUT2D eigenvalue weighted by Gasteiger charge is 2.30. The number of non-ortho nitro benzene ring substituents is 1. The van der Waals surface area contributed by atoms with Crippen molar-refractivity contribution >= 4 is 5.69 Å². The minimum atomic E-state index is -0.910. The summed E-state index contributed by atoms with van der Waals surface area (Å²) in [6, 6.07) is 3.23. The Balaban J connectivity index is 2.01. The molecule has 1 aromatic rings. The molecule has 1 fully saturated rings. The summed E-state index contributed by atoms with van der Waals surface area (Å²) >= 11 is 0. The first-order valence-electron chi connectivity index (χ1n) is 6.29. The minimum Gasteiger partial charge on any atom is -0.488 e. The maximum atomic E-state index is 13.6. The van der Waals surface area contributed by atoms with Crippen LogP contribution in [0, 0.1) is 15.9 Å². The summed E-state index contributed by atoms with van der Waals surface area (Å²) < 4.78 is 18.8. The summed E-state index contributed by atoms with van der Waals surface area (Å²) in [7, 11) is 0. The largest absolute Gasteiger partial charge is 0.488 e. The number of rotatable bonds is 4. The minimum absolute atomic E-state index is 0.0156. The maximum Gasteiger partial charge on any atom is 0.272 e. The van der Waals surface area contributed by atoms with Crippen molar-refractivity contribution in [3.05, 3.63) is 34.1 Å². The van der Waals surface area contributed by atoms with Gasteiger partial charge in [0, 0.05) is 6.07 Å². The molecule has 19 heavy (non-hydrogen) atoms. The molecule has 1 aliphatic rings. The summed E-state index contributed by atoms with van der Waals surface area (Å²) in [5, 5.41) is 20.7.